The molecule has 0 spiro atoms. The Labute approximate surface area is 99.7 Å². The Morgan fingerprint density at radius 2 is 2.25 bits per heavy atom. The van der Waals surface area contributed by atoms with Crippen LogP contribution in [0, 0.1) is 4.91 Å². The van der Waals surface area contributed by atoms with Crippen LogP contribution in [-0.4, -0.2) is 5.60 Å². The fourth-order valence-corrected chi connectivity index (χ4v) is 2.24. The van der Waals surface area contributed by atoms with E-state index in [1.807, 2.05) is 19.9 Å². The lowest BCUT2D eigenvalue weighted by Crippen LogP contribution is -2.32. The van der Waals surface area contributed by atoms with E-state index in [2.05, 4.69) is 5.18 Å². The molecule has 0 saturated carbocycles. The molecule has 0 saturated heterocycles. The molecule has 0 unspecified atom stereocenters. The van der Waals surface area contributed by atoms with Crippen molar-refractivity contribution < 1.29 is 4.74 Å². The summed E-state index contributed by atoms with van der Waals surface area (Å²) < 4.78 is 5.84. The predicted molar refractivity (Wildman–Crippen MR) is 64.0 cm³/mol. The Bertz CT molecular complexity index is 429. The molecule has 0 aliphatic carbocycles. The van der Waals surface area contributed by atoms with Crippen LogP contribution in [0.3, 0.4) is 0 Å². The monoisotopic (exact) mass is 239 g/mol. The van der Waals surface area contributed by atoms with Gasteiger partial charge in [-0.3, -0.25) is 0 Å². The zero-order valence-corrected chi connectivity index (χ0v) is 10.2. The third-order valence-electron chi connectivity index (χ3n) is 2.80. The van der Waals surface area contributed by atoms with E-state index in [-0.39, 0.29) is 12.1 Å². The molecule has 16 heavy (non-hydrogen) atoms. The van der Waals surface area contributed by atoms with Gasteiger partial charge in [0.15, 0.2) is 0 Å². The topological polar surface area (TPSA) is 38.7 Å². The number of hydrogen-bond donors (Lipinski definition) is 0. The Hall–Kier alpha value is -1.09. The Balaban J connectivity index is 2.40. The fourth-order valence-electron chi connectivity index (χ4n) is 1.94. The van der Waals surface area contributed by atoms with E-state index in [0.717, 1.165) is 29.7 Å². The van der Waals surface area contributed by atoms with Crippen molar-refractivity contribution >= 4 is 11.6 Å². The van der Waals surface area contributed by atoms with Crippen molar-refractivity contribution in [2.75, 3.05) is 0 Å². The average molecular weight is 240 g/mol. The normalized spacial score (nSPS) is 17.4. The van der Waals surface area contributed by atoms with Crippen LogP contribution in [0.15, 0.2) is 17.3 Å². The van der Waals surface area contributed by atoms with Gasteiger partial charge < -0.3 is 4.74 Å². The summed E-state index contributed by atoms with van der Waals surface area (Å²) in [6.45, 7) is 4.26. The molecule has 2 rings (SSSR count). The van der Waals surface area contributed by atoms with Gasteiger partial charge in [-0.15, -0.1) is 0 Å². The second-order valence-electron chi connectivity index (χ2n) is 4.71. The maximum Gasteiger partial charge on any atom is 0.141 e. The van der Waals surface area contributed by atoms with Gasteiger partial charge >= 0.3 is 0 Å². The van der Waals surface area contributed by atoms with Gasteiger partial charge in [-0.2, -0.15) is 4.91 Å². The van der Waals surface area contributed by atoms with Crippen molar-refractivity contribution in [1.29, 1.82) is 0 Å². The first-order valence-electron chi connectivity index (χ1n) is 5.31. The second kappa shape index (κ2) is 4.06. The molecule has 0 N–H and O–H groups in total. The van der Waals surface area contributed by atoms with E-state index >= 15 is 0 Å². The number of rotatable bonds is 2. The molecule has 0 amide bonds. The summed E-state index contributed by atoms with van der Waals surface area (Å²) in [6, 6.07) is 3.71. The summed E-state index contributed by atoms with van der Waals surface area (Å²) in [5.74, 6) is 0.757. The number of nitrogens with zero attached hydrogens (tertiary/aromatic N) is 1. The van der Waals surface area contributed by atoms with E-state index in [1.165, 1.54) is 0 Å². The third kappa shape index (κ3) is 2.19. The van der Waals surface area contributed by atoms with Gasteiger partial charge in [0.2, 0.25) is 0 Å². The van der Waals surface area contributed by atoms with E-state index in [1.54, 1.807) is 6.07 Å². The largest absolute Gasteiger partial charge is 0.486 e. The first-order valence-corrected chi connectivity index (χ1v) is 5.69. The van der Waals surface area contributed by atoms with Gasteiger partial charge in [0.05, 0.1) is 5.02 Å². The molecule has 1 aromatic rings. The van der Waals surface area contributed by atoms with Crippen LogP contribution in [-0.2, 0) is 13.0 Å². The molecule has 0 fully saturated rings. The smallest absolute Gasteiger partial charge is 0.141 e. The number of nitroso groups, excluding NO2 is 1. The van der Waals surface area contributed by atoms with Crippen LogP contribution in [0.4, 0.5) is 0 Å². The van der Waals surface area contributed by atoms with Gasteiger partial charge in [0.25, 0.3) is 0 Å². The van der Waals surface area contributed by atoms with Crippen LogP contribution in [0.1, 0.15) is 31.4 Å². The van der Waals surface area contributed by atoms with Crippen molar-refractivity contribution in [3.8, 4) is 5.75 Å². The molecule has 0 bridgehead atoms. The Kier molecular flexibility index (Phi) is 2.89. The van der Waals surface area contributed by atoms with Crippen molar-refractivity contribution in [3.05, 3.63) is 33.2 Å². The first kappa shape index (κ1) is 11.4. The average Bonchev–Trinajstić information content (AvgIpc) is 2.19. The van der Waals surface area contributed by atoms with Gasteiger partial charge in [0.1, 0.15) is 17.9 Å². The first-order chi connectivity index (χ1) is 7.52. The highest BCUT2D eigenvalue weighted by molar-refractivity contribution is 6.32. The minimum atomic E-state index is -0.166. The minimum Gasteiger partial charge on any atom is -0.486 e. The van der Waals surface area contributed by atoms with E-state index in [4.69, 9.17) is 16.3 Å². The van der Waals surface area contributed by atoms with E-state index in [0.29, 0.717) is 5.02 Å². The molecule has 0 aromatic heterocycles. The zero-order chi connectivity index (χ0) is 11.8. The van der Waals surface area contributed by atoms with Crippen molar-refractivity contribution in [2.45, 2.75) is 38.8 Å². The predicted octanol–water partition coefficient (Wildman–Crippen LogP) is 3.71. The maximum absolute atomic E-state index is 10.2. The summed E-state index contributed by atoms with van der Waals surface area (Å²) in [4.78, 5) is 10.2. The Morgan fingerprint density at radius 1 is 1.50 bits per heavy atom. The van der Waals surface area contributed by atoms with Crippen LogP contribution in [0.25, 0.3) is 0 Å². The lowest BCUT2D eigenvalue weighted by atomic mass is 9.93. The van der Waals surface area contributed by atoms with Crippen LogP contribution in [0.5, 0.6) is 5.75 Å². The van der Waals surface area contributed by atoms with Crippen molar-refractivity contribution in [1.82, 2.24) is 0 Å². The number of benzene rings is 1. The zero-order valence-electron chi connectivity index (χ0n) is 9.42. The second-order valence-corrected chi connectivity index (χ2v) is 5.12. The number of hydrogen-bond acceptors (Lipinski definition) is 3. The molecule has 1 aliphatic rings. The molecule has 1 aromatic carbocycles. The summed E-state index contributed by atoms with van der Waals surface area (Å²) in [7, 11) is 0. The fraction of sp³-hybridized carbons (Fsp3) is 0.500. The van der Waals surface area contributed by atoms with Crippen molar-refractivity contribution in [3.63, 3.8) is 0 Å². The molecule has 3 nitrogen and oxygen atoms in total. The van der Waals surface area contributed by atoms with Crippen LogP contribution < -0.4 is 4.74 Å². The van der Waals surface area contributed by atoms with Gasteiger partial charge in [0, 0.05) is 0 Å². The summed E-state index contributed by atoms with van der Waals surface area (Å²) in [5, 5.41) is 3.45. The molecular weight excluding hydrogens is 226 g/mol. The summed E-state index contributed by atoms with van der Waals surface area (Å²) in [6.07, 6.45) is 1.88. The highest BCUT2D eigenvalue weighted by Gasteiger charge is 2.28. The van der Waals surface area contributed by atoms with Crippen LogP contribution in [0.2, 0.25) is 5.02 Å². The van der Waals surface area contributed by atoms with Gasteiger partial charge in [-0.1, -0.05) is 22.8 Å². The third-order valence-corrected chi connectivity index (χ3v) is 3.08. The van der Waals surface area contributed by atoms with Crippen LogP contribution >= 0.6 is 11.6 Å². The van der Waals surface area contributed by atoms with Gasteiger partial charge in [-0.25, -0.2) is 0 Å². The molecule has 4 heteroatoms. The highest BCUT2D eigenvalue weighted by atomic mass is 35.5. The maximum atomic E-state index is 10.2. The Morgan fingerprint density at radius 3 is 2.94 bits per heavy atom. The van der Waals surface area contributed by atoms with E-state index in [9.17, 15) is 4.91 Å². The molecular formula is C12H14ClNO2. The number of ether oxygens (including phenoxy) is 1. The standard InChI is InChI=1S/C12H14ClNO2/c1-12(2)4-3-9-5-8(7-14-15)6-10(13)11(9)16-12/h5-6H,3-4,7H2,1-2H3. The molecule has 0 atom stereocenters. The van der Waals surface area contributed by atoms with Crippen molar-refractivity contribution in [2.24, 2.45) is 5.18 Å². The SMILES string of the molecule is CC1(C)CCc2cc(CN=O)cc(Cl)c2O1. The lowest BCUT2D eigenvalue weighted by molar-refractivity contribution is 0.0848. The molecule has 1 heterocycles. The van der Waals surface area contributed by atoms with Gasteiger partial charge in [-0.05, 0) is 43.9 Å². The quantitative estimate of drug-likeness (QED) is 0.738. The molecule has 1 aliphatic heterocycles. The van der Waals surface area contributed by atoms with E-state index < -0.39 is 0 Å². The number of fused-ring (bicyclic) bond motifs is 1. The molecule has 0 radical (unpaired) electrons. The number of aryl methyl sites for hydroxylation is 1. The number of halogens is 1. The summed E-state index contributed by atoms with van der Waals surface area (Å²) in [5.41, 5.74) is 1.76. The highest BCUT2D eigenvalue weighted by Crippen LogP contribution is 2.39. The molecule has 86 valence electrons. The summed E-state index contributed by atoms with van der Waals surface area (Å²) >= 11 is 6.14. The lowest BCUT2D eigenvalue weighted by Gasteiger charge is -2.33. The minimum absolute atomic E-state index is 0.163.